The molecule has 0 saturated heterocycles. The third-order valence-corrected chi connectivity index (χ3v) is 5.06. The van der Waals surface area contributed by atoms with Crippen LogP contribution in [0.15, 0.2) is 28.4 Å². The molecule has 5 nitrogen and oxygen atoms in total. The third-order valence-electron chi connectivity index (χ3n) is 4.75. The van der Waals surface area contributed by atoms with Gasteiger partial charge in [0.2, 0.25) is 0 Å². The number of carboxylic acids is 2. The third kappa shape index (κ3) is 3.25. The van der Waals surface area contributed by atoms with Crippen LogP contribution < -0.4 is 0 Å². The van der Waals surface area contributed by atoms with Gasteiger partial charge in [0.25, 0.3) is 0 Å². The summed E-state index contributed by atoms with van der Waals surface area (Å²) in [6.45, 7) is 0.483. The molecule has 2 atom stereocenters. The quantitative estimate of drug-likeness (QED) is 0.697. The summed E-state index contributed by atoms with van der Waals surface area (Å²) >= 11 is 5.61. The Hall–Kier alpha value is -2.49. The number of aliphatic imine (C=N–C) groups is 1. The number of carbonyl (C=O) groups is 2. The first kappa shape index (κ1) is 21.8. The van der Waals surface area contributed by atoms with Crippen LogP contribution >= 0.6 is 11.6 Å². The molecule has 0 aliphatic carbocycles. The summed E-state index contributed by atoms with van der Waals surface area (Å²) in [4.78, 5) is 27.3. The Labute approximate surface area is 160 Å². The van der Waals surface area contributed by atoms with Gasteiger partial charge < -0.3 is 10.2 Å². The van der Waals surface area contributed by atoms with E-state index in [0.29, 0.717) is 12.1 Å². The van der Waals surface area contributed by atoms with Crippen LogP contribution in [0.1, 0.15) is 30.9 Å². The lowest BCUT2D eigenvalue weighted by Gasteiger charge is -2.39. The van der Waals surface area contributed by atoms with E-state index < -0.39 is 69.4 Å². The monoisotopic (exact) mass is 425 g/mol. The Morgan fingerprint density at radius 1 is 1.29 bits per heavy atom. The van der Waals surface area contributed by atoms with Crippen molar-refractivity contribution in [3.05, 3.63) is 45.4 Å². The summed E-state index contributed by atoms with van der Waals surface area (Å²) in [6.07, 6.45) is -5.24. The number of hydrogen-bond donors (Lipinski definition) is 2. The highest BCUT2D eigenvalue weighted by atomic mass is 35.5. The van der Waals surface area contributed by atoms with E-state index in [1.165, 1.54) is 0 Å². The first-order valence-corrected chi connectivity index (χ1v) is 8.02. The largest absolute Gasteiger partial charge is 0.481 e. The number of rotatable bonds is 4. The molecule has 0 saturated carbocycles. The van der Waals surface area contributed by atoms with E-state index in [1.54, 1.807) is 0 Å². The lowest BCUT2D eigenvalue weighted by Crippen LogP contribution is -2.46. The van der Waals surface area contributed by atoms with Crippen LogP contribution in [0.2, 0.25) is 5.02 Å². The van der Waals surface area contributed by atoms with Crippen molar-refractivity contribution < 1.29 is 41.8 Å². The minimum absolute atomic E-state index is 0.379. The number of hydrogen-bond acceptors (Lipinski definition) is 3. The van der Waals surface area contributed by atoms with Crippen molar-refractivity contribution in [3.63, 3.8) is 0 Å². The fraction of sp³-hybridized carbons (Fsp3) is 0.353. The Morgan fingerprint density at radius 3 is 2.29 bits per heavy atom. The molecule has 2 unspecified atom stereocenters. The van der Waals surface area contributed by atoms with Gasteiger partial charge in [-0.15, -0.1) is 0 Å². The van der Waals surface area contributed by atoms with Gasteiger partial charge in [0.05, 0.1) is 21.9 Å². The molecule has 28 heavy (non-hydrogen) atoms. The van der Waals surface area contributed by atoms with Gasteiger partial charge in [-0.1, -0.05) is 11.6 Å². The highest BCUT2D eigenvalue weighted by Gasteiger charge is 2.55. The second-order valence-corrected chi connectivity index (χ2v) is 6.66. The molecule has 2 rings (SSSR count). The number of halogens is 6. The van der Waals surface area contributed by atoms with Crippen molar-refractivity contribution in [2.45, 2.75) is 25.9 Å². The smallest absolute Gasteiger partial charge is 0.418 e. The summed E-state index contributed by atoms with van der Waals surface area (Å²) in [5.74, 6) is -7.45. The summed E-state index contributed by atoms with van der Waals surface area (Å²) in [6, 6.07) is 1.18. The van der Waals surface area contributed by atoms with Crippen LogP contribution in [0.25, 0.3) is 0 Å². The van der Waals surface area contributed by atoms with Crippen molar-refractivity contribution in [2.24, 2.45) is 10.4 Å². The minimum atomic E-state index is -5.24. The van der Waals surface area contributed by atoms with Crippen LogP contribution in [0.3, 0.4) is 0 Å². The van der Waals surface area contributed by atoms with Crippen LogP contribution in [0.5, 0.6) is 0 Å². The number of carboxylic acid groups (broad SMARTS) is 2. The Kier molecular flexibility index (Phi) is 5.57. The minimum Gasteiger partial charge on any atom is -0.481 e. The van der Waals surface area contributed by atoms with E-state index >= 15 is 0 Å². The molecule has 1 aliphatic rings. The van der Waals surface area contributed by atoms with Crippen LogP contribution in [0, 0.1) is 11.2 Å². The number of allylic oxidation sites excluding steroid dienone is 1. The molecule has 1 aromatic rings. The zero-order valence-electron chi connectivity index (χ0n) is 14.4. The van der Waals surface area contributed by atoms with Gasteiger partial charge in [-0.2, -0.15) is 13.2 Å². The van der Waals surface area contributed by atoms with E-state index in [1.807, 2.05) is 0 Å². The molecule has 1 heterocycles. The van der Waals surface area contributed by atoms with Gasteiger partial charge in [0, 0.05) is 17.2 Å². The van der Waals surface area contributed by atoms with Gasteiger partial charge in [0.15, 0.2) is 0 Å². The Balaban J connectivity index is 3.08. The van der Waals surface area contributed by atoms with Gasteiger partial charge in [-0.25, -0.2) is 13.6 Å². The molecular formula is C17H13ClF5NO4. The Bertz CT molecular complexity index is 925. The highest BCUT2D eigenvalue weighted by Crippen LogP contribution is 2.52. The first-order valence-electron chi connectivity index (χ1n) is 7.65. The molecule has 11 heteroatoms. The number of nitrogens with zero attached hydrogens (tertiary/aromatic N) is 1. The summed E-state index contributed by atoms with van der Waals surface area (Å²) in [5, 5.41) is 18.2. The van der Waals surface area contributed by atoms with Crippen molar-refractivity contribution >= 4 is 29.3 Å². The van der Waals surface area contributed by atoms with E-state index in [-0.39, 0.29) is 5.71 Å². The number of alkyl halides is 4. The lowest BCUT2D eigenvalue weighted by molar-refractivity contribution is -0.147. The fourth-order valence-corrected chi connectivity index (χ4v) is 3.51. The predicted molar refractivity (Wildman–Crippen MR) is 88.6 cm³/mol. The fourth-order valence-electron chi connectivity index (χ4n) is 3.24. The second-order valence-electron chi connectivity index (χ2n) is 6.25. The van der Waals surface area contributed by atoms with Gasteiger partial charge in [0.1, 0.15) is 17.9 Å². The molecule has 0 amide bonds. The SMILES string of the molecule is CC1=NC(CF)=C(C(=O)O)C(c2c(F)ccc(Cl)c2C(F)(F)F)C1(C)C(=O)O. The Morgan fingerprint density at radius 2 is 1.86 bits per heavy atom. The molecule has 0 spiro atoms. The van der Waals surface area contributed by atoms with Crippen LogP contribution in [-0.2, 0) is 15.8 Å². The van der Waals surface area contributed by atoms with Crippen molar-refractivity contribution in [2.75, 3.05) is 6.67 Å². The molecule has 152 valence electrons. The molecule has 2 N–H and O–H groups in total. The van der Waals surface area contributed by atoms with Crippen molar-refractivity contribution in [1.29, 1.82) is 0 Å². The molecule has 1 aliphatic heterocycles. The molecule has 0 aromatic heterocycles. The maximum Gasteiger partial charge on any atom is 0.418 e. The molecular weight excluding hydrogens is 413 g/mol. The van der Waals surface area contributed by atoms with Gasteiger partial charge in [-0.05, 0) is 26.0 Å². The average molecular weight is 426 g/mol. The molecule has 1 aromatic carbocycles. The van der Waals surface area contributed by atoms with Gasteiger partial charge in [-0.3, -0.25) is 9.79 Å². The zero-order valence-corrected chi connectivity index (χ0v) is 15.1. The molecule has 0 fully saturated rings. The van der Waals surface area contributed by atoms with Gasteiger partial charge >= 0.3 is 18.1 Å². The predicted octanol–water partition coefficient (Wildman–Crippen LogP) is 4.46. The van der Waals surface area contributed by atoms with Crippen LogP contribution in [0.4, 0.5) is 22.0 Å². The molecule has 0 radical (unpaired) electrons. The first-order chi connectivity index (χ1) is 12.8. The highest BCUT2D eigenvalue weighted by molar-refractivity contribution is 6.31. The van der Waals surface area contributed by atoms with Crippen molar-refractivity contribution in [3.8, 4) is 0 Å². The van der Waals surface area contributed by atoms with Crippen LogP contribution in [-0.4, -0.2) is 34.5 Å². The normalized spacial score (nSPS) is 22.9. The van der Waals surface area contributed by atoms with E-state index in [9.17, 15) is 41.8 Å². The lowest BCUT2D eigenvalue weighted by atomic mass is 9.64. The topological polar surface area (TPSA) is 87.0 Å². The maximum absolute atomic E-state index is 14.6. The van der Waals surface area contributed by atoms with Crippen molar-refractivity contribution in [1.82, 2.24) is 0 Å². The number of benzene rings is 1. The summed E-state index contributed by atoms with van der Waals surface area (Å²) in [7, 11) is 0. The summed E-state index contributed by atoms with van der Waals surface area (Å²) < 4.78 is 69.0. The number of aliphatic carboxylic acids is 2. The average Bonchev–Trinajstić information content (AvgIpc) is 2.57. The summed E-state index contributed by atoms with van der Waals surface area (Å²) in [5.41, 5.74) is -7.67. The maximum atomic E-state index is 14.6. The molecule has 0 bridgehead atoms. The van der Waals surface area contributed by atoms with E-state index in [2.05, 4.69) is 4.99 Å². The van der Waals surface area contributed by atoms with E-state index in [0.717, 1.165) is 13.8 Å². The zero-order chi connectivity index (χ0) is 21.6. The standard InChI is InChI=1S/C17H13ClF5NO4/c1-6-16(2,15(27)28)13(11(14(25)26)9(5-19)24-6)10-8(20)4-3-7(18)12(10)17(21,22)23/h3-4,13H,5H2,1-2H3,(H,25,26)(H,27,28). The second kappa shape index (κ2) is 7.16. The van der Waals surface area contributed by atoms with E-state index in [4.69, 9.17) is 11.6 Å².